The average Bonchev–Trinajstić information content (AvgIpc) is 3.12. The lowest BCUT2D eigenvalue weighted by Gasteiger charge is -2.35. The molecule has 1 aliphatic rings. The lowest BCUT2D eigenvalue weighted by Crippen LogP contribution is -2.51. The Morgan fingerprint density at radius 1 is 1.22 bits per heavy atom. The molecule has 144 valence electrons. The number of amides is 2. The van der Waals surface area contributed by atoms with E-state index in [2.05, 4.69) is 15.2 Å². The van der Waals surface area contributed by atoms with Gasteiger partial charge in [0.25, 0.3) is 0 Å². The number of nitrogens with one attached hydrogen (secondary N) is 1. The van der Waals surface area contributed by atoms with E-state index >= 15 is 0 Å². The topological polar surface area (TPSA) is 74.8 Å². The largest absolute Gasteiger partial charge is 0.462 e. The summed E-state index contributed by atoms with van der Waals surface area (Å²) in [6.45, 7) is 5.17. The van der Waals surface area contributed by atoms with E-state index in [9.17, 15) is 9.59 Å². The van der Waals surface area contributed by atoms with Crippen LogP contribution in [-0.4, -0.2) is 54.7 Å². The maximum absolute atomic E-state index is 12.3. The SMILES string of the molecule is CCOC(=O)c1ccc(N2CCN(C(=O)NCc3ccc(Cl)s3)CC2)nc1. The highest BCUT2D eigenvalue weighted by Crippen LogP contribution is 2.21. The number of nitrogens with zero attached hydrogens (tertiary/aromatic N) is 3. The Kier molecular flexibility index (Phi) is 6.52. The Bertz CT molecular complexity index is 788. The molecule has 7 nitrogen and oxygen atoms in total. The van der Waals surface area contributed by atoms with E-state index in [0.29, 0.717) is 49.2 Å². The van der Waals surface area contributed by atoms with E-state index in [0.717, 1.165) is 10.7 Å². The van der Waals surface area contributed by atoms with Crippen molar-refractivity contribution in [2.24, 2.45) is 0 Å². The Morgan fingerprint density at radius 2 is 2.00 bits per heavy atom. The summed E-state index contributed by atoms with van der Waals surface area (Å²) in [5.74, 6) is 0.418. The van der Waals surface area contributed by atoms with Gasteiger partial charge in [-0.3, -0.25) is 0 Å². The quantitative estimate of drug-likeness (QED) is 0.770. The summed E-state index contributed by atoms with van der Waals surface area (Å²) in [5, 5.41) is 2.92. The standard InChI is InChI=1S/C18H21ClN4O3S/c1-2-26-17(24)13-3-6-16(20-11-13)22-7-9-23(10-8-22)18(25)21-12-14-4-5-15(19)27-14/h3-6,11H,2,7-10,12H2,1H3,(H,21,25). The number of piperazine rings is 1. The van der Waals surface area contributed by atoms with E-state index in [1.807, 2.05) is 18.2 Å². The molecular formula is C18H21ClN4O3S. The fourth-order valence-corrected chi connectivity index (χ4v) is 3.80. The van der Waals surface area contributed by atoms with Crippen LogP contribution >= 0.6 is 22.9 Å². The summed E-state index contributed by atoms with van der Waals surface area (Å²) in [6, 6.07) is 7.18. The van der Waals surface area contributed by atoms with Gasteiger partial charge in [-0.05, 0) is 31.2 Å². The first-order valence-corrected chi connectivity index (χ1v) is 9.91. The number of urea groups is 1. The van der Waals surface area contributed by atoms with Crippen LogP contribution in [-0.2, 0) is 11.3 Å². The van der Waals surface area contributed by atoms with Crippen LogP contribution in [0.25, 0.3) is 0 Å². The summed E-state index contributed by atoms with van der Waals surface area (Å²) >= 11 is 7.36. The first-order chi connectivity index (χ1) is 13.1. The van der Waals surface area contributed by atoms with Crippen molar-refractivity contribution in [2.75, 3.05) is 37.7 Å². The van der Waals surface area contributed by atoms with E-state index in [1.54, 1.807) is 17.9 Å². The minimum Gasteiger partial charge on any atom is -0.462 e. The molecule has 0 bridgehead atoms. The molecule has 1 aliphatic heterocycles. The van der Waals surface area contributed by atoms with Crippen molar-refractivity contribution in [3.8, 4) is 0 Å². The highest BCUT2D eigenvalue weighted by Gasteiger charge is 2.22. The summed E-state index contributed by atoms with van der Waals surface area (Å²) in [6.07, 6.45) is 1.53. The second kappa shape index (κ2) is 9.05. The second-order valence-electron chi connectivity index (χ2n) is 5.96. The number of ether oxygens (including phenoxy) is 1. The van der Waals surface area contributed by atoms with E-state index in [1.165, 1.54) is 17.5 Å². The zero-order chi connectivity index (χ0) is 19.2. The summed E-state index contributed by atoms with van der Waals surface area (Å²) in [5.41, 5.74) is 0.437. The fraction of sp³-hybridized carbons (Fsp3) is 0.389. The van der Waals surface area contributed by atoms with Crippen LogP contribution in [0.1, 0.15) is 22.2 Å². The minimum absolute atomic E-state index is 0.0789. The highest BCUT2D eigenvalue weighted by molar-refractivity contribution is 7.16. The number of rotatable bonds is 5. The number of carbonyl (C=O) groups is 2. The predicted octanol–water partition coefficient (Wildman–Crippen LogP) is 3.01. The lowest BCUT2D eigenvalue weighted by molar-refractivity contribution is 0.0526. The molecule has 2 aromatic heterocycles. The van der Waals surface area contributed by atoms with E-state index in [-0.39, 0.29) is 12.0 Å². The minimum atomic E-state index is -0.370. The third-order valence-corrected chi connectivity index (χ3v) is 5.42. The zero-order valence-corrected chi connectivity index (χ0v) is 16.6. The van der Waals surface area contributed by atoms with E-state index < -0.39 is 0 Å². The summed E-state index contributed by atoms with van der Waals surface area (Å²) < 4.78 is 5.68. The number of hydrogen-bond donors (Lipinski definition) is 1. The molecule has 0 saturated carbocycles. The maximum atomic E-state index is 12.3. The molecular weight excluding hydrogens is 388 g/mol. The van der Waals surface area contributed by atoms with Gasteiger partial charge in [-0.15, -0.1) is 11.3 Å². The number of pyridine rings is 1. The van der Waals surface area contributed by atoms with Gasteiger partial charge in [0.05, 0.1) is 23.1 Å². The third-order valence-electron chi connectivity index (χ3n) is 4.19. The van der Waals surface area contributed by atoms with Crippen LogP contribution < -0.4 is 10.2 Å². The molecule has 0 aromatic carbocycles. The molecule has 2 amide bonds. The first-order valence-electron chi connectivity index (χ1n) is 8.72. The molecule has 0 unspecified atom stereocenters. The molecule has 0 aliphatic carbocycles. The molecule has 3 rings (SSSR count). The Hall–Kier alpha value is -2.32. The Labute approximate surface area is 166 Å². The molecule has 2 aromatic rings. The number of aromatic nitrogens is 1. The Morgan fingerprint density at radius 3 is 2.59 bits per heavy atom. The van der Waals surface area contributed by atoms with Crippen LogP contribution in [0.15, 0.2) is 30.5 Å². The first kappa shape index (κ1) is 19.4. The van der Waals surface area contributed by atoms with Crippen molar-refractivity contribution in [2.45, 2.75) is 13.5 Å². The molecule has 3 heterocycles. The molecule has 1 N–H and O–H groups in total. The lowest BCUT2D eigenvalue weighted by atomic mass is 10.2. The van der Waals surface area contributed by atoms with Crippen molar-refractivity contribution in [1.82, 2.24) is 15.2 Å². The van der Waals surface area contributed by atoms with Crippen LogP contribution in [0.5, 0.6) is 0 Å². The molecule has 1 saturated heterocycles. The molecule has 9 heteroatoms. The molecule has 0 radical (unpaired) electrons. The Balaban J connectivity index is 1.48. The van der Waals surface area contributed by atoms with Crippen LogP contribution in [0.4, 0.5) is 10.6 Å². The predicted molar refractivity (Wildman–Crippen MR) is 106 cm³/mol. The van der Waals surface area contributed by atoms with Gasteiger partial charge in [-0.25, -0.2) is 14.6 Å². The van der Waals surface area contributed by atoms with Gasteiger partial charge in [0.15, 0.2) is 0 Å². The van der Waals surface area contributed by atoms with Gasteiger partial charge < -0.3 is 19.9 Å². The number of hydrogen-bond acceptors (Lipinski definition) is 6. The van der Waals surface area contributed by atoms with Crippen LogP contribution in [0.2, 0.25) is 4.34 Å². The number of halogens is 1. The van der Waals surface area contributed by atoms with E-state index in [4.69, 9.17) is 16.3 Å². The van der Waals surface area contributed by atoms with Crippen molar-refractivity contribution in [3.05, 3.63) is 45.2 Å². The molecule has 0 spiro atoms. The average molecular weight is 409 g/mol. The van der Waals surface area contributed by atoms with Crippen molar-refractivity contribution in [3.63, 3.8) is 0 Å². The summed E-state index contributed by atoms with van der Waals surface area (Å²) in [4.78, 5) is 33.2. The molecule has 27 heavy (non-hydrogen) atoms. The number of esters is 1. The van der Waals surface area contributed by atoms with Crippen molar-refractivity contribution < 1.29 is 14.3 Å². The normalized spacial score (nSPS) is 14.1. The number of thiophene rings is 1. The van der Waals surface area contributed by atoms with Gasteiger partial charge in [0.2, 0.25) is 0 Å². The fourth-order valence-electron chi connectivity index (χ4n) is 2.77. The zero-order valence-electron chi connectivity index (χ0n) is 15.0. The smallest absolute Gasteiger partial charge is 0.339 e. The van der Waals surface area contributed by atoms with Crippen molar-refractivity contribution >= 4 is 40.8 Å². The second-order valence-corrected chi connectivity index (χ2v) is 7.76. The van der Waals surface area contributed by atoms with Gasteiger partial charge in [0, 0.05) is 37.3 Å². The highest BCUT2D eigenvalue weighted by atomic mass is 35.5. The van der Waals surface area contributed by atoms with Gasteiger partial charge in [-0.2, -0.15) is 0 Å². The van der Waals surface area contributed by atoms with Gasteiger partial charge in [0.1, 0.15) is 5.82 Å². The van der Waals surface area contributed by atoms with Crippen molar-refractivity contribution in [1.29, 1.82) is 0 Å². The van der Waals surface area contributed by atoms with Crippen LogP contribution in [0, 0.1) is 0 Å². The van der Waals surface area contributed by atoms with Gasteiger partial charge in [-0.1, -0.05) is 11.6 Å². The molecule has 0 atom stereocenters. The number of anilines is 1. The molecule has 1 fully saturated rings. The monoisotopic (exact) mass is 408 g/mol. The van der Waals surface area contributed by atoms with Gasteiger partial charge >= 0.3 is 12.0 Å². The third kappa shape index (κ3) is 5.11. The maximum Gasteiger partial charge on any atom is 0.339 e. The van der Waals surface area contributed by atoms with Crippen LogP contribution in [0.3, 0.4) is 0 Å². The number of carbonyl (C=O) groups excluding carboxylic acids is 2. The summed E-state index contributed by atoms with van der Waals surface area (Å²) in [7, 11) is 0.